The number of H-pyrrole nitrogens is 1. The summed E-state index contributed by atoms with van der Waals surface area (Å²) in [6, 6.07) is 6.14. The molecule has 2 N–H and O–H groups in total. The Balaban J connectivity index is 1.77. The molecule has 2 aromatic rings. The van der Waals surface area contributed by atoms with Crippen LogP contribution in [0.15, 0.2) is 35.1 Å². The molecule has 0 radical (unpaired) electrons. The van der Waals surface area contributed by atoms with Gasteiger partial charge in [0.25, 0.3) is 11.5 Å². The summed E-state index contributed by atoms with van der Waals surface area (Å²) < 4.78 is 32.5. The molecule has 2 heterocycles. The highest BCUT2D eigenvalue weighted by atomic mass is 19.1. The third kappa shape index (κ3) is 4.18. The largest absolute Gasteiger partial charge is 0.378 e. The number of aromatic amines is 1. The summed E-state index contributed by atoms with van der Waals surface area (Å²) in [5, 5.41) is 2.31. The molecule has 7 nitrogen and oxygen atoms in total. The maximum atomic E-state index is 14.5. The van der Waals surface area contributed by atoms with E-state index in [0.29, 0.717) is 32.1 Å². The highest BCUT2D eigenvalue weighted by molar-refractivity contribution is 5.94. The van der Waals surface area contributed by atoms with Gasteiger partial charge in [0, 0.05) is 24.8 Å². The van der Waals surface area contributed by atoms with Gasteiger partial charge in [0.05, 0.1) is 13.2 Å². The van der Waals surface area contributed by atoms with E-state index in [1.54, 1.807) is 4.90 Å². The number of hydrogen-bond acceptors (Lipinski definition) is 5. The van der Waals surface area contributed by atoms with Crippen molar-refractivity contribution in [2.45, 2.75) is 6.17 Å². The number of carbonyl (C=O) groups is 1. The Labute approximate surface area is 141 Å². The number of morpholine rings is 1. The van der Waals surface area contributed by atoms with E-state index < -0.39 is 23.5 Å². The van der Waals surface area contributed by atoms with Crippen molar-refractivity contribution in [1.29, 1.82) is 0 Å². The van der Waals surface area contributed by atoms with Crippen LogP contribution in [0, 0.1) is 5.82 Å². The van der Waals surface area contributed by atoms with Gasteiger partial charge in [-0.25, -0.2) is 13.8 Å². The van der Waals surface area contributed by atoms with E-state index in [1.165, 1.54) is 18.2 Å². The number of ether oxygens (including phenoxy) is 1. The van der Waals surface area contributed by atoms with Gasteiger partial charge < -0.3 is 19.9 Å². The number of nitrogens with one attached hydrogen (secondary N) is 2. The Bertz CT molecular complexity index is 804. The monoisotopic (exact) mass is 350 g/mol. The van der Waals surface area contributed by atoms with Crippen molar-refractivity contribution < 1.29 is 18.3 Å². The molecular weight excluding hydrogens is 334 g/mol. The lowest BCUT2D eigenvalue weighted by atomic mass is 10.2. The molecule has 1 amide bonds. The fraction of sp³-hybridized carbons (Fsp3) is 0.312. The zero-order chi connectivity index (χ0) is 17.8. The Morgan fingerprint density at radius 1 is 1.28 bits per heavy atom. The smallest absolute Gasteiger partial charge is 0.266 e. The number of alkyl halides is 1. The highest BCUT2D eigenvalue weighted by Crippen LogP contribution is 2.19. The van der Waals surface area contributed by atoms with Crippen molar-refractivity contribution in [1.82, 2.24) is 9.97 Å². The first-order valence-corrected chi connectivity index (χ1v) is 7.67. The zero-order valence-corrected chi connectivity index (χ0v) is 13.2. The number of halogens is 2. The first kappa shape index (κ1) is 17.0. The Morgan fingerprint density at radius 3 is 2.64 bits per heavy atom. The average Bonchev–Trinajstić information content (AvgIpc) is 2.63. The Kier molecular flexibility index (Phi) is 5.03. The van der Waals surface area contributed by atoms with Crippen molar-refractivity contribution in [3.63, 3.8) is 0 Å². The molecule has 3 rings (SSSR count). The van der Waals surface area contributed by atoms with E-state index >= 15 is 0 Å². The lowest BCUT2D eigenvalue weighted by molar-refractivity contribution is -0.121. The van der Waals surface area contributed by atoms with Crippen molar-refractivity contribution in [2.75, 3.05) is 36.5 Å². The molecule has 0 saturated carbocycles. The van der Waals surface area contributed by atoms with Gasteiger partial charge in [-0.05, 0) is 24.3 Å². The van der Waals surface area contributed by atoms with Crippen molar-refractivity contribution >= 4 is 17.4 Å². The van der Waals surface area contributed by atoms with Gasteiger partial charge in [-0.15, -0.1) is 0 Å². The lowest BCUT2D eigenvalue weighted by Gasteiger charge is -2.27. The van der Waals surface area contributed by atoms with Crippen LogP contribution in [0.3, 0.4) is 0 Å². The standard InChI is InChI=1S/C16H16F2N4O3/c17-10-1-3-11(4-2-10)19-16(24)14(18)15-20-12(9-13(23)21-15)22-5-7-25-8-6-22/h1-4,9,14H,5-8H2,(H,19,24)(H,20,21,23). The summed E-state index contributed by atoms with van der Waals surface area (Å²) >= 11 is 0. The molecule has 1 aliphatic heterocycles. The number of hydrogen-bond donors (Lipinski definition) is 2. The first-order valence-electron chi connectivity index (χ1n) is 7.67. The fourth-order valence-corrected chi connectivity index (χ4v) is 2.40. The van der Waals surface area contributed by atoms with Crippen LogP contribution in [0.2, 0.25) is 0 Å². The predicted molar refractivity (Wildman–Crippen MR) is 86.8 cm³/mol. The molecule has 0 bridgehead atoms. The van der Waals surface area contributed by atoms with Crippen molar-refractivity contribution in [3.05, 3.63) is 52.3 Å². The number of anilines is 2. The van der Waals surface area contributed by atoms with Gasteiger partial charge in [0.1, 0.15) is 11.6 Å². The number of rotatable bonds is 4. The summed E-state index contributed by atoms with van der Waals surface area (Å²) in [4.78, 5) is 31.9. The molecule has 1 saturated heterocycles. The van der Waals surface area contributed by atoms with Crippen LogP contribution in [-0.2, 0) is 9.53 Å². The van der Waals surface area contributed by atoms with E-state index in [1.807, 2.05) is 0 Å². The second-order valence-corrected chi connectivity index (χ2v) is 5.45. The van der Waals surface area contributed by atoms with Gasteiger partial charge in [-0.3, -0.25) is 9.59 Å². The van der Waals surface area contributed by atoms with Crippen LogP contribution in [0.5, 0.6) is 0 Å². The van der Waals surface area contributed by atoms with E-state index in [-0.39, 0.29) is 11.5 Å². The second-order valence-electron chi connectivity index (χ2n) is 5.45. The molecule has 1 unspecified atom stereocenters. The molecule has 0 aliphatic carbocycles. The molecular formula is C16H16F2N4O3. The topological polar surface area (TPSA) is 87.3 Å². The van der Waals surface area contributed by atoms with Crippen LogP contribution in [0.25, 0.3) is 0 Å². The van der Waals surface area contributed by atoms with Crippen molar-refractivity contribution in [3.8, 4) is 0 Å². The SMILES string of the molecule is O=C(Nc1ccc(F)cc1)C(F)c1nc(N2CCOCC2)cc(=O)[nH]1. The van der Waals surface area contributed by atoms with E-state index in [2.05, 4.69) is 15.3 Å². The summed E-state index contributed by atoms with van der Waals surface area (Å²) in [5.74, 6) is -1.57. The number of benzene rings is 1. The van der Waals surface area contributed by atoms with Crippen LogP contribution in [-0.4, -0.2) is 42.2 Å². The van der Waals surface area contributed by atoms with Crippen LogP contribution in [0.4, 0.5) is 20.3 Å². The van der Waals surface area contributed by atoms with Gasteiger partial charge in [0.15, 0.2) is 5.82 Å². The quantitative estimate of drug-likeness (QED) is 0.870. The summed E-state index contributed by atoms with van der Waals surface area (Å²) in [6.45, 7) is 2.01. The predicted octanol–water partition coefficient (Wildman–Crippen LogP) is 1.39. The molecule has 0 spiro atoms. The molecule has 1 fully saturated rings. The molecule has 132 valence electrons. The van der Waals surface area contributed by atoms with Crippen LogP contribution < -0.4 is 15.8 Å². The summed E-state index contributed by atoms with van der Waals surface area (Å²) in [5.41, 5.74) is -0.315. The summed E-state index contributed by atoms with van der Waals surface area (Å²) in [7, 11) is 0. The Hall–Kier alpha value is -2.81. The summed E-state index contributed by atoms with van der Waals surface area (Å²) in [6.07, 6.45) is -2.17. The molecule has 9 heteroatoms. The zero-order valence-electron chi connectivity index (χ0n) is 13.2. The number of nitrogens with zero attached hydrogens (tertiary/aromatic N) is 2. The van der Waals surface area contributed by atoms with Gasteiger partial charge in [0.2, 0.25) is 6.17 Å². The second kappa shape index (κ2) is 7.39. The van der Waals surface area contributed by atoms with E-state index in [9.17, 15) is 18.4 Å². The van der Waals surface area contributed by atoms with E-state index in [0.717, 1.165) is 12.1 Å². The number of amides is 1. The minimum atomic E-state index is -2.17. The Morgan fingerprint density at radius 2 is 1.96 bits per heavy atom. The van der Waals surface area contributed by atoms with Gasteiger partial charge in [-0.1, -0.05) is 0 Å². The molecule has 25 heavy (non-hydrogen) atoms. The number of aromatic nitrogens is 2. The number of carbonyl (C=O) groups excluding carboxylic acids is 1. The first-order chi connectivity index (χ1) is 12.0. The van der Waals surface area contributed by atoms with Crippen LogP contribution in [0.1, 0.15) is 12.0 Å². The molecule has 1 aromatic carbocycles. The highest BCUT2D eigenvalue weighted by Gasteiger charge is 2.24. The lowest BCUT2D eigenvalue weighted by Crippen LogP contribution is -2.38. The van der Waals surface area contributed by atoms with Gasteiger partial charge in [-0.2, -0.15) is 0 Å². The minimum Gasteiger partial charge on any atom is -0.378 e. The van der Waals surface area contributed by atoms with Crippen LogP contribution >= 0.6 is 0 Å². The molecule has 1 atom stereocenters. The maximum absolute atomic E-state index is 14.5. The normalized spacial score (nSPS) is 15.7. The fourth-order valence-electron chi connectivity index (χ4n) is 2.40. The molecule has 1 aliphatic rings. The maximum Gasteiger partial charge on any atom is 0.266 e. The third-order valence-electron chi connectivity index (χ3n) is 3.66. The van der Waals surface area contributed by atoms with E-state index in [4.69, 9.17) is 4.74 Å². The third-order valence-corrected chi connectivity index (χ3v) is 3.66. The molecule has 1 aromatic heterocycles. The van der Waals surface area contributed by atoms with Crippen molar-refractivity contribution in [2.24, 2.45) is 0 Å². The van der Waals surface area contributed by atoms with Gasteiger partial charge >= 0.3 is 0 Å². The average molecular weight is 350 g/mol. The minimum absolute atomic E-state index is 0.237.